The highest BCUT2D eigenvalue weighted by molar-refractivity contribution is 5.79. The molecule has 0 unspecified atom stereocenters. The average molecular weight is 204 g/mol. The molecule has 0 atom stereocenters. The Balaban J connectivity index is 3.06. The van der Waals surface area contributed by atoms with Crippen LogP contribution >= 0.6 is 0 Å². The molecule has 1 aromatic carbocycles. The summed E-state index contributed by atoms with van der Waals surface area (Å²) in [5, 5.41) is 18.6. The zero-order chi connectivity index (χ0) is 11.5. The Morgan fingerprint density at radius 1 is 1.40 bits per heavy atom. The van der Waals surface area contributed by atoms with Crippen LogP contribution in [0.2, 0.25) is 0 Å². The molecule has 0 aliphatic heterocycles. The minimum atomic E-state index is -1.07. The zero-order valence-corrected chi connectivity index (χ0v) is 8.61. The van der Waals surface area contributed by atoms with Gasteiger partial charge in [0.05, 0.1) is 5.56 Å². The van der Waals surface area contributed by atoms with E-state index in [1.807, 2.05) is 0 Å². The maximum atomic E-state index is 10.5. The van der Waals surface area contributed by atoms with Gasteiger partial charge < -0.3 is 10.2 Å². The van der Waals surface area contributed by atoms with Crippen LogP contribution in [0.25, 0.3) is 0 Å². The molecule has 0 saturated heterocycles. The molecule has 3 nitrogen and oxygen atoms in total. The highest BCUT2D eigenvalue weighted by Gasteiger charge is 2.06. The maximum Gasteiger partial charge on any atom is 0.153 e. The first-order valence-electron chi connectivity index (χ1n) is 4.46. The van der Waals surface area contributed by atoms with Gasteiger partial charge in [-0.25, -0.2) is 0 Å². The second kappa shape index (κ2) is 4.16. The smallest absolute Gasteiger partial charge is 0.153 e. The van der Waals surface area contributed by atoms with E-state index in [0.29, 0.717) is 11.8 Å². The zero-order valence-electron chi connectivity index (χ0n) is 8.61. The van der Waals surface area contributed by atoms with Crippen molar-refractivity contribution in [3.05, 3.63) is 29.3 Å². The van der Waals surface area contributed by atoms with Gasteiger partial charge in [-0.2, -0.15) is 0 Å². The fraction of sp³-hybridized carbons (Fsp3) is 0.250. The predicted octanol–water partition coefficient (Wildman–Crippen LogP) is 1.33. The number of phenolic OH excluding ortho intramolecular Hbond substituents is 1. The number of aliphatic hydroxyl groups is 1. The van der Waals surface area contributed by atoms with Gasteiger partial charge in [-0.3, -0.25) is 4.79 Å². The van der Waals surface area contributed by atoms with E-state index in [2.05, 4.69) is 11.8 Å². The van der Waals surface area contributed by atoms with Crippen LogP contribution in [0.5, 0.6) is 5.75 Å². The van der Waals surface area contributed by atoms with Gasteiger partial charge in [0.15, 0.2) is 6.29 Å². The fourth-order valence-electron chi connectivity index (χ4n) is 0.952. The van der Waals surface area contributed by atoms with E-state index in [-0.39, 0.29) is 11.3 Å². The number of benzene rings is 1. The molecule has 0 fully saturated rings. The van der Waals surface area contributed by atoms with Crippen LogP contribution in [0.3, 0.4) is 0 Å². The van der Waals surface area contributed by atoms with Crippen LogP contribution in [-0.2, 0) is 0 Å². The van der Waals surface area contributed by atoms with Gasteiger partial charge in [0, 0.05) is 5.56 Å². The van der Waals surface area contributed by atoms with Gasteiger partial charge in [-0.1, -0.05) is 11.8 Å². The number of carbonyl (C=O) groups excluding carboxylic acids is 1. The van der Waals surface area contributed by atoms with Gasteiger partial charge in [0.2, 0.25) is 0 Å². The van der Waals surface area contributed by atoms with E-state index in [1.165, 1.54) is 12.1 Å². The second-order valence-corrected chi connectivity index (χ2v) is 3.70. The molecule has 1 rings (SSSR count). The summed E-state index contributed by atoms with van der Waals surface area (Å²) in [5.74, 6) is 5.26. The van der Waals surface area contributed by atoms with Crippen molar-refractivity contribution in [1.29, 1.82) is 0 Å². The third-order valence-corrected chi connectivity index (χ3v) is 1.67. The Bertz CT molecular complexity index is 430. The highest BCUT2D eigenvalue weighted by Crippen LogP contribution is 2.15. The molecule has 78 valence electrons. The van der Waals surface area contributed by atoms with Crippen LogP contribution in [0.1, 0.15) is 29.8 Å². The monoisotopic (exact) mass is 204 g/mol. The highest BCUT2D eigenvalue weighted by atomic mass is 16.3. The molecule has 0 radical (unpaired) electrons. The molecule has 2 N–H and O–H groups in total. The summed E-state index contributed by atoms with van der Waals surface area (Å²) in [6, 6.07) is 4.46. The Hall–Kier alpha value is -1.79. The largest absolute Gasteiger partial charge is 0.507 e. The lowest BCUT2D eigenvalue weighted by molar-refractivity contribution is 0.112. The minimum Gasteiger partial charge on any atom is -0.507 e. The molecule has 0 saturated carbocycles. The molecule has 0 aliphatic rings. The molecular formula is C12H12O3. The molecule has 15 heavy (non-hydrogen) atoms. The molecule has 0 bridgehead atoms. The van der Waals surface area contributed by atoms with Gasteiger partial charge in [0.1, 0.15) is 11.4 Å². The first kappa shape index (κ1) is 11.3. The molecule has 0 aromatic heterocycles. The van der Waals surface area contributed by atoms with E-state index in [1.54, 1.807) is 19.9 Å². The Morgan fingerprint density at radius 3 is 2.60 bits per heavy atom. The van der Waals surface area contributed by atoms with Crippen molar-refractivity contribution in [3.8, 4) is 17.6 Å². The normalized spacial score (nSPS) is 10.3. The molecule has 3 heteroatoms. The standard InChI is InChI=1S/C12H12O3/c1-12(2,15)6-5-9-3-4-11(14)10(7-9)8-13/h3-4,7-8,14-15H,1-2H3. The van der Waals surface area contributed by atoms with Crippen molar-refractivity contribution in [2.45, 2.75) is 19.4 Å². The molecule has 0 heterocycles. The SMILES string of the molecule is CC(C)(O)C#Cc1ccc(O)c(C=O)c1. The van der Waals surface area contributed by atoms with Crippen molar-refractivity contribution in [2.24, 2.45) is 0 Å². The van der Waals surface area contributed by atoms with Crippen LogP contribution in [0.15, 0.2) is 18.2 Å². The third-order valence-electron chi connectivity index (χ3n) is 1.67. The summed E-state index contributed by atoms with van der Waals surface area (Å²) in [6.07, 6.45) is 0.560. The molecule has 0 aliphatic carbocycles. The molecule has 1 aromatic rings. The molecule has 0 spiro atoms. The second-order valence-electron chi connectivity index (χ2n) is 3.70. The number of carbonyl (C=O) groups is 1. The number of aldehydes is 1. The topological polar surface area (TPSA) is 57.5 Å². The van der Waals surface area contributed by atoms with E-state index in [0.717, 1.165) is 0 Å². The van der Waals surface area contributed by atoms with Gasteiger partial charge >= 0.3 is 0 Å². The van der Waals surface area contributed by atoms with Crippen LogP contribution in [0, 0.1) is 11.8 Å². The lowest BCUT2D eigenvalue weighted by Gasteiger charge is -2.06. The number of rotatable bonds is 1. The van der Waals surface area contributed by atoms with Crippen molar-refractivity contribution >= 4 is 6.29 Å². The Kier molecular flexibility index (Phi) is 3.13. The number of phenols is 1. The third kappa shape index (κ3) is 3.45. The lowest BCUT2D eigenvalue weighted by Crippen LogP contribution is -2.14. The minimum absolute atomic E-state index is 0.0705. The fourth-order valence-corrected chi connectivity index (χ4v) is 0.952. The summed E-state index contributed by atoms with van der Waals surface area (Å²) in [7, 11) is 0. The van der Waals surface area contributed by atoms with E-state index in [4.69, 9.17) is 0 Å². The lowest BCUT2D eigenvalue weighted by atomic mass is 10.1. The first-order chi connectivity index (χ1) is 6.92. The van der Waals surface area contributed by atoms with Gasteiger partial charge in [-0.05, 0) is 32.0 Å². The quantitative estimate of drug-likeness (QED) is 0.536. The summed E-state index contributed by atoms with van der Waals surface area (Å²) in [4.78, 5) is 10.5. The molecular weight excluding hydrogens is 192 g/mol. The predicted molar refractivity (Wildman–Crippen MR) is 56.7 cm³/mol. The maximum absolute atomic E-state index is 10.5. The summed E-state index contributed by atoms with van der Waals surface area (Å²) in [5.41, 5.74) is -0.297. The molecule has 0 amide bonds. The van der Waals surface area contributed by atoms with Crippen molar-refractivity contribution < 1.29 is 15.0 Å². The van der Waals surface area contributed by atoms with Crippen molar-refractivity contribution in [1.82, 2.24) is 0 Å². The van der Waals surface area contributed by atoms with E-state index in [9.17, 15) is 15.0 Å². The van der Waals surface area contributed by atoms with Gasteiger partial charge in [-0.15, -0.1) is 0 Å². The Labute approximate surface area is 88.4 Å². The van der Waals surface area contributed by atoms with E-state index < -0.39 is 5.60 Å². The first-order valence-corrected chi connectivity index (χ1v) is 4.46. The van der Waals surface area contributed by atoms with Crippen LogP contribution < -0.4 is 0 Å². The number of hydrogen-bond acceptors (Lipinski definition) is 3. The number of hydrogen-bond donors (Lipinski definition) is 2. The van der Waals surface area contributed by atoms with Crippen LogP contribution in [-0.4, -0.2) is 22.1 Å². The van der Waals surface area contributed by atoms with E-state index >= 15 is 0 Å². The van der Waals surface area contributed by atoms with Crippen molar-refractivity contribution in [2.75, 3.05) is 0 Å². The van der Waals surface area contributed by atoms with Crippen molar-refractivity contribution in [3.63, 3.8) is 0 Å². The average Bonchev–Trinajstić information content (AvgIpc) is 2.15. The summed E-state index contributed by atoms with van der Waals surface area (Å²) >= 11 is 0. The summed E-state index contributed by atoms with van der Waals surface area (Å²) in [6.45, 7) is 3.14. The van der Waals surface area contributed by atoms with Crippen LogP contribution in [0.4, 0.5) is 0 Å². The number of aromatic hydroxyl groups is 1. The summed E-state index contributed by atoms with van der Waals surface area (Å²) < 4.78 is 0. The van der Waals surface area contributed by atoms with Gasteiger partial charge in [0.25, 0.3) is 0 Å². The Morgan fingerprint density at radius 2 is 2.07 bits per heavy atom.